The minimum atomic E-state index is -0.569. The molecule has 5 rings (SSSR count). The first-order valence-corrected chi connectivity index (χ1v) is 12.6. The lowest BCUT2D eigenvalue weighted by molar-refractivity contribution is -0.121. The van der Waals surface area contributed by atoms with Gasteiger partial charge in [-0.15, -0.1) is 0 Å². The number of benzene rings is 3. The Morgan fingerprint density at radius 3 is 2.32 bits per heavy atom. The van der Waals surface area contributed by atoms with Crippen LogP contribution in [0.15, 0.2) is 84.1 Å². The predicted octanol–water partition coefficient (Wildman–Crippen LogP) is 6.26. The highest BCUT2D eigenvalue weighted by atomic mass is 16.5. The molecule has 0 saturated carbocycles. The van der Waals surface area contributed by atoms with Crippen molar-refractivity contribution in [3.8, 4) is 11.5 Å². The van der Waals surface area contributed by atoms with E-state index in [0.717, 1.165) is 33.9 Å². The summed E-state index contributed by atoms with van der Waals surface area (Å²) in [6.45, 7) is 3.78. The van der Waals surface area contributed by atoms with E-state index in [2.05, 4.69) is 5.32 Å². The van der Waals surface area contributed by atoms with Crippen LogP contribution in [0.2, 0.25) is 0 Å². The van der Waals surface area contributed by atoms with Crippen molar-refractivity contribution in [2.45, 2.75) is 38.6 Å². The maximum atomic E-state index is 14.0. The van der Waals surface area contributed by atoms with Gasteiger partial charge in [-0.25, -0.2) is 0 Å². The number of hydrogen-bond donors (Lipinski definition) is 1. The molecule has 190 valence electrons. The third-order valence-electron chi connectivity index (χ3n) is 7.22. The van der Waals surface area contributed by atoms with Crippen molar-refractivity contribution in [2.24, 2.45) is 5.92 Å². The quantitative estimate of drug-likeness (QED) is 0.452. The molecule has 1 aliphatic carbocycles. The van der Waals surface area contributed by atoms with E-state index in [9.17, 15) is 9.59 Å². The molecule has 2 aliphatic rings. The fourth-order valence-corrected chi connectivity index (χ4v) is 5.35. The summed E-state index contributed by atoms with van der Waals surface area (Å²) in [5, 5.41) is 3.58. The van der Waals surface area contributed by atoms with Gasteiger partial charge in [-0.3, -0.25) is 14.5 Å². The van der Waals surface area contributed by atoms with E-state index in [0.29, 0.717) is 24.2 Å². The lowest BCUT2D eigenvalue weighted by atomic mass is 9.78. The number of carbonyl (C=O) groups is 2. The highest BCUT2D eigenvalue weighted by molar-refractivity contribution is 6.06. The molecule has 0 aromatic heterocycles. The number of amides is 1. The monoisotopic (exact) mass is 496 g/mol. The van der Waals surface area contributed by atoms with Crippen LogP contribution in [0.4, 0.5) is 11.4 Å². The zero-order valence-electron chi connectivity index (χ0n) is 21.7. The Morgan fingerprint density at radius 2 is 1.62 bits per heavy atom. The van der Waals surface area contributed by atoms with Crippen LogP contribution >= 0.6 is 0 Å². The molecule has 0 saturated heterocycles. The van der Waals surface area contributed by atoms with Gasteiger partial charge in [0.1, 0.15) is 11.5 Å². The van der Waals surface area contributed by atoms with Crippen molar-refractivity contribution in [1.82, 2.24) is 0 Å². The van der Waals surface area contributed by atoms with Crippen LogP contribution in [0.25, 0.3) is 0 Å². The molecule has 0 bridgehead atoms. The zero-order chi connectivity index (χ0) is 26.1. The Bertz CT molecular complexity index is 1360. The highest BCUT2D eigenvalue weighted by Gasteiger charge is 2.42. The number of nitrogens with one attached hydrogen (secondary N) is 1. The Labute approximate surface area is 217 Å². The van der Waals surface area contributed by atoms with E-state index >= 15 is 0 Å². The number of Topliss-reactive ketones (excluding diaryl/α,β-unsaturated/α-hetero) is 1. The summed E-state index contributed by atoms with van der Waals surface area (Å²) < 4.78 is 10.8. The second-order valence-corrected chi connectivity index (χ2v) is 9.88. The van der Waals surface area contributed by atoms with Crippen LogP contribution < -0.4 is 19.7 Å². The molecule has 1 amide bonds. The second kappa shape index (κ2) is 10.1. The fourth-order valence-electron chi connectivity index (χ4n) is 5.35. The number of rotatable bonds is 5. The molecule has 0 radical (unpaired) electrons. The number of hydrogen-bond acceptors (Lipinski definition) is 5. The maximum absolute atomic E-state index is 14.0. The number of ketones is 1. The number of nitrogens with zero attached hydrogens (tertiary/aromatic N) is 1. The molecular weight excluding hydrogens is 464 g/mol. The van der Waals surface area contributed by atoms with Crippen LogP contribution in [0, 0.1) is 5.92 Å². The Morgan fingerprint density at radius 1 is 0.892 bits per heavy atom. The summed E-state index contributed by atoms with van der Waals surface area (Å²) in [6.07, 6.45) is 1.03. The topological polar surface area (TPSA) is 67.9 Å². The van der Waals surface area contributed by atoms with Gasteiger partial charge in [0.15, 0.2) is 5.78 Å². The van der Waals surface area contributed by atoms with Crippen LogP contribution in [0.3, 0.4) is 0 Å². The number of allylic oxidation sites excluding steroid dienone is 1. The Balaban J connectivity index is 1.69. The van der Waals surface area contributed by atoms with Crippen LogP contribution in [-0.2, 0) is 9.59 Å². The van der Waals surface area contributed by atoms with Crippen molar-refractivity contribution in [3.63, 3.8) is 0 Å². The van der Waals surface area contributed by atoms with Gasteiger partial charge in [0.25, 0.3) is 0 Å². The standard InChI is InChI=1S/C31H32N2O4/c1-19(2)31(35)33-27-11-6-5-10-25(27)32-26-17-22(20-12-14-23(36-3)15-13-20)18-28(34)29(26)30(33)21-8-7-9-24(16-21)37-4/h5-16,19,22,30,32H,17-18H2,1-4H3. The average Bonchev–Trinajstić information content (AvgIpc) is 3.07. The molecule has 3 aromatic rings. The van der Waals surface area contributed by atoms with Gasteiger partial charge >= 0.3 is 0 Å². The molecule has 1 aliphatic heterocycles. The first-order chi connectivity index (χ1) is 17.9. The second-order valence-electron chi connectivity index (χ2n) is 9.88. The maximum Gasteiger partial charge on any atom is 0.230 e. The largest absolute Gasteiger partial charge is 0.497 e. The van der Waals surface area contributed by atoms with Gasteiger partial charge < -0.3 is 14.8 Å². The third kappa shape index (κ3) is 4.59. The molecule has 6 nitrogen and oxygen atoms in total. The average molecular weight is 497 g/mol. The predicted molar refractivity (Wildman–Crippen MR) is 145 cm³/mol. The van der Waals surface area contributed by atoms with E-state index in [4.69, 9.17) is 9.47 Å². The molecule has 2 unspecified atom stereocenters. The number of ether oxygens (including phenoxy) is 2. The van der Waals surface area contributed by atoms with Gasteiger partial charge in [-0.1, -0.05) is 50.2 Å². The molecule has 0 fully saturated rings. The molecule has 6 heteroatoms. The Hall–Kier alpha value is -4.06. The van der Waals surface area contributed by atoms with E-state index in [1.165, 1.54) is 0 Å². The van der Waals surface area contributed by atoms with Crippen molar-refractivity contribution in [2.75, 3.05) is 24.4 Å². The molecular formula is C31H32N2O4. The van der Waals surface area contributed by atoms with Crippen molar-refractivity contribution in [1.29, 1.82) is 0 Å². The van der Waals surface area contributed by atoms with Gasteiger partial charge in [-0.2, -0.15) is 0 Å². The van der Waals surface area contributed by atoms with Gasteiger partial charge in [-0.05, 0) is 59.9 Å². The SMILES string of the molecule is COc1ccc(C2CC(=O)C3=C(C2)Nc2ccccc2N(C(=O)C(C)C)C3c2cccc(OC)c2)cc1. The number of carbonyl (C=O) groups excluding carboxylic acids is 2. The smallest absolute Gasteiger partial charge is 0.230 e. The lowest BCUT2D eigenvalue weighted by Gasteiger charge is -2.36. The minimum absolute atomic E-state index is 0.0233. The van der Waals surface area contributed by atoms with E-state index in [1.54, 1.807) is 19.1 Å². The van der Waals surface area contributed by atoms with Crippen molar-refractivity contribution >= 4 is 23.1 Å². The summed E-state index contributed by atoms with van der Waals surface area (Å²) in [5.74, 6) is 1.23. The van der Waals surface area contributed by atoms with E-state index in [1.807, 2.05) is 86.6 Å². The number of fused-ring (bicyclic) bond motifs is 1. The van der Waals surface area contributed by atoms with Gasteiger partial charge in [0.05, 0.1) is 31.6 Å². The summed E-state index contributed by atoms with van der Waals surface area (Å²) in [7, 11) is 3.27. The lowest BCUT2D eigenvalue weighted by Crippen LogP contribution is -2.40. The first-order valence-electron chi connectivity index (χ1n) is 12.6. The normalized spacial score (nSPS) is 19.1. The van der Waals surface area contributed by atoms with Gasteiger partial charge in [0.2, 0.25) is 5.91 Å². The molecule has 37 heavy (non-hydrogen) atoms. The number of anilines is 2. The molecule has 0 spiro atoms. The van der Waals surface area contributed by atoms with E-state index < -0.39 is 6.04 Å². The highest BCUT2D eigenvalue weighted by Crippen LogP contribution is 2.48. The summed E-state index contributed by atoms with van der Waals surface area (Å²) >= 11 is 0. The molecule has 2 atom stereocenters. The summed E-state index contributed by atoms with van der Waals surface area (Å²) in [4.78, 5) is 29.6. The number of methoxy groups -OCH3 is 2. The third-order valence-corrected chi connectivity index (χ3v) is 7.22. The van der Waals surface area contributed by atoms with Crippen LogP contribution in [0.1, 0.15) is 49.8 Å². The first kappa shape index (κ1) is 24.6. The van der Waals surface area contributed by atoms with Crippen molar-refractivity contribution < 1.29 is 19.1 Å². The number of para-hydroxylation sites is 2. The zero-order valence-corrected chi connectivity index (χ0v) is 21.7. The summed E-state index contributed by atoms with van der Waals surface area (Å²) in [6, 6.07) is 22.8. The minimum Gasteiger partial charge on any atom is -0.497 e. The molecule has 1 heterocycles. The molecule has 1 N–H and O–H groups in total. The van der Waals surface area contributed by atoms with Gasteiger partial charge in [0, 0.05) is 23.6 Å². The van der Waals surface area contributed by atoms with Crippen LogP contribution in [0.5, 0.6) is 11.5 Å². The Kier molecular flexibility index (Phi) is 6.74. The summed E-state index contributed by atoms with van der Waals surface area (Å²) in [5.41, 5.74) is 5.01. The molecule has 3 aromatic carbocycles. The van der Waals surface area contributed by atoms with Crippen LogP contribution in [-0.4, -0.2) is 25.9 Å². The van der Waals surface area contributed by atoms with E-state index in [-0.39, 0.29) is 23.5 Å². The fraction of sp³-hybridized carbons (Fsp3) is 0.290. The van der Waals surface area contributed by atoms with Crippen molar-refractivity contribution in [3.05, 3.63) is 95.2 Å².